The molecule has 1 aliphatic heterocycles. The minimum absolute atomic E-state index is 0.257. The number of fused-ring (bicyclic) bond motifs is 1. The van der Waals surface area contributed by atoms with E-state index in [1.807, 2.05) is 26.0 Å². The molecule has 0 unspecified atom stereocenters. The van der Waals surface area contributed by atoms with E-state index in [1.54, 1.807) is 13.0 Å². The van der Waals surface area contributed by atoms with Crippen LogP contribution < -0.4 is 5.32 Å². The number of thiazole rings is 1. The molecular weight excluding hydrogens is 374 g/mol. The van der Waals surface area contributed by atoms with Crippen LogP contribution in [0.25, 0.3) is 0 Å². The maximum Gasteiger partial charge on any atom is 0.413 e. The lowest BCUT2D eigenvalue weighted by atomic mass is 10.2. The molecule has 26 heavy (non-hydrogen) atoms. The predicted molar refractivity (Wildman–Crippen MR) is 100.0 cm³/mol. The van der Waals surface area contributed by atoms with Gasteiger partial charge in [-0.15, -0.1) is 0 Å². The minimum Gasteiger partial charge on any atom is -0.450 e. The van der Waals surface area contributed by atoms with E-state index < -0.39 is 16.1 Å². The summed E-state index contributed by atoms with van der Waals surface area (Å²) in [6, 6.07) is 5.34. The van der Waals surface area contributed by atoms with Crippen LogP contribution in [-0.4, -0.2) is 37.0 Å². The van der Waals surface area contributed by atoms with Crippen LogP contribution in [0.1, 0.15) is 28.6 Å². The third-order valence-corrected chi connectivity index (χ3v) is 7.13. The molecule has 2 heterocycles. The Morgan fingerprint density at radius 2 is 2.15 bits per heavy atom. The van der Waals surface area contributed by atoms with Crippen molar-refractivity contribution in [3.8, 4) is 0 Å². The van der Waals surface area contributed by atoms with Gasteiger partial charge in [-0.05, 0) is 32.4 Å². The number of ether oxygens (including phenoxy) is 1. The number of benzene rings is 1. The van der Waals surface area contributed by atoms with Gasteiger partial charge in [-0.2, -0.15) is 4.31 Å². The minimum atomic E-state index is -3.57. The smallest absolute Gasteiger partial charge is 0.413 e. The Morgan fingerprint density at radius 1 is 1.38 bits per heavy atom. The number of amides is 1. The summed E-state index contributed by atoms with van der Waals surface area (Å²) >= 11 is 1.28. The number of aryl methyl sites for hydroxylation is 2. The molecule has 1 aliphatic rings. The number of sulfonamides is 1. The second kappa shape index (κ2) is 7.34. The first-order valence-corrected chi connectivity index (χ1v) is 10.6. The van der Waals surface area contributed by atoms with Gasteiger partial charge in [0.25, 0.3) is 0 Å². The number of aromatic nitrogens is 1. The second-order valence-corrected chi connectivity index (χ2v) is 9.08. The number of nitrogens with zero attached hydrogens (tertiary/aromatic N) is 2. The lowest BCUT2D eigenvalue weighted by Gasteiger charge is -2.26. The molecule has 0 spiro atoms. The van der Waals surface area contributed by atoms with Crippen LogP contribution in [0.3, 0.4) is 0 Å². The highest BCUT2D eigenvalue weighted by Gasteiger charge is 2.31. The van der Waals surface area contributed by atoms with Gasteiger partial charge in [0.05, 0.1) is 23.7 Å². The van der Waals surface area contributed by atoms with Gasteiger partial charge in [0.1, 0.15) is 0 Å². The average molecular weight is 396 g/mol. The topological polar surface area (TPSA) is 88.6 Å². The van der Waals surface area contributed by atoms with Gasteiger partial charge in [-0.25, -0.2) is 18.2 Å². The Labute approximate surface area is 157 Å². The summed E-state index contributed by atoms with van der Waals surface area (Å²) in [6.07, 6.45) is -0.0427. The number of carbonyl (C=O) groups is 1. The van der Waals surface area contributed by atoms with Gasteiger partial charge >= 0.3 is 6.09 Å². The second-order valence-electron chi connectivity index (χ2n) is 6.09. The number of anilines is 1. The molecule has 140 valence electrons. The highest BCUT2D eigenvalue weighted by atomic mass is 32.2. The van der Waals surface area contributed by atoms with E-state index in [-0.39, 0.29) is 13.2 Å². The molecule has 7 nitrogen and oxygen atoms in total. The third kappa shape index (κ3) is 3.74. The van der Waals surface area contributed by atoms with E-state index in [0.717, 1.165) is 21.7 Å². The summed E-state index contributed by atoms with van der Waals surface area (Å²) in [5, 5.41) is 3.01. The van der Waals surface area contributed by atoms with Gasteiger partial charge in [-0.1, -0.05) is 29.0 Å². The van der Waals surface area contributed by atoms with Crippen LogP contribution in [0, 0.1) is 13.8 Å². The van der Waals surface area contributed by atoms with E-state index >= 15 is 0 Å². The van der Waals surface area contributed by atoms with E-state index in [0.29, 0.717) is 23.0 Å². The fraction of sp³-hybridized carbons (Fsp3) is 0.412. The zero-order chi connectivity index (χ0) is 18.9. The van der Waals surface area contributed by atoms with Crippen molar-refractivity contribution in [2.24, 2.45) is 0 Å². The molecule has 0 atom stereocenters. The van der Waals surface area contributed by atoms with E-state index in [1.165, 1.54) is 15.6 Å². The summed E-state index contributed by atoms with van der Waals surface area (Å²) in [6.45, 7) is 6.37. The van der Waals surface area contributed by atoms with Gasteiger partial charge in [0, 0.05) is 17.8 Å². The van der Waals surface area contributed by atoms with Gasteiger partial charge in [-0.3, -0.25) is 5.32 Å². The molecule has 0 fully saturated rings. The highest BCUT2D eigenvalue weighted by molar-refractivity contribution is 7.89. The maximum atomic E-state index is 13.0. The summed E-state index contributed by atoms with van der Waals surface area (Å²) in [5.41, 5.74) is 2.60. The third-order valence-electron chi connectivity index (χ3n) is 4.13. The van der Waals surface area contributed by atoms with Gasteiger partial charge < -0.3 is 4.74 Å². The van der Waals surface area contributed by atoms with Crippen LogP contribution in [0.15, 0.2) is 23.1 Å². The number of nitrogens with one attached hydrogen (secondary N) is 1. The van der Waals surface area contributed by atoms with Crippen molar-refractivity contribution < 1.29 is 17.9 Å². The number of hydrogen-bond acceptors (Lipinski definition) is 6. The first kappa shape index (κ1) is 18.8. The van der Waals surface area contributed by atoms with Crippen LogP contribution in [-0.2, 0) is 27.7 Å². The van der Waals surface area contributed by atoms with E-state index in [4.69, 9.17) is 4.74 Å². The lowest BCUT2D eigenvalue weighted by Crippen LogP contribution is -2.35. The lowest BCUT2D eigenvalue weighted by molar-refractivity contribution is 0.168. The molecule has 0 radical (unpaired) electrons. The molecule has 0 saturated heterocycles. The Kier molecular flexibility index (Phi) is 5.31. The molecular formula is C17H21N3O4S2. The Bertz CT molecular complexity index is 937. The SMILES string of the molecule is CCOC(=O)Nc1nc2c(s1)CN(S(=O)(=O)c1ccc(C)cc1C)CC2. The molecule has 1 aromatic carbocycles. The molecule has 2 aromatic rings. The van der Waals surface area contributed by atoms with Crippen LogP contribution in [0.2, 0.25) is 0 Å². The van der Waals surface area contributed by atoms with Crippen molar-refractivity contribution in [2.75, 3.05) is 18.5 Å². The fourth-order valence-electron chi connectivity index (χ4n) is 2.91. The maximum absolute atomic E-state index is 13.0. The highest BCUT2D eigenvalue weighted by Crippen LogP contribution is 2.32. The van der Waals surface area contributed by atoms with Crippen molar-refractivity contribution in [3.05, 3.63) is 39.9 Å². The Morgan fingerprint density at radius 3 is 2.85 bits per heavy atom. The Balaban J connectivity index is 1.81. The first-order valence-electron chi connectivity index (χ1n) is 8.31. The average Bonchev–Trinajstić information content (AvgIpc) is 2.95. The van der Waals surface area contributed by atoms with E-state index in [9.17, 15) is 13.2 Å². The van der Waals surface area contributed by atoms with Gasteiger partial charge in [0.2, 0.25) is 10.0 Å². The summed E-state index contributed by atoms with van der Waals surface area (Å²) in [5.74, 6) is 0. The molecule has 3 rings (SSSR count). The zero-order valence-electron chi connectivity index (χ0n) is 14.9. The van der Waals surface area contributed by atoms with E-state index in [2.05, 4.69) is 10.3 Å². The van der Waals surface area contributed by atoms with Gasteiger partial charge in [0.15, 0.2) is 5.13 Å². The first-order chi connectivity index (χ1) is 12.3. The standard InChI is InChI=1S/C17H21N3O4S2/c1-4-24-17(21)19-16-18-13-7-8-20(10-14(13)25-16)26(22,23)15-6-5-11(2)9-12(15)3/h5-6,9H,4,7-8,10H2,1-3H3,(H,18,19,21). The zero-order valence-corrected chi connectivity index (χ0v) is 16.5. The Hall–Kier alpha value is -1.97. The quantitative estimate of drug-likeness (QED) is 0.859. The van der Waals surface area contributed by atoms with Crippen LogP contribution in [0.4, 0.5) is 9.93 Å². The number of rotatable bonds is 4. The molecule has 0 saturated carbocycles. The fourth-order valence-corrected chi connectivity index (χ4v) is 5.62. The normalized spacial score (nSPS) is 14.7. The number of carbonyl (C=O) groups excluding carboxylic acids is 1. The van der Waals surface area contributed by atoms with Crippen molar-refractivity contribution >= 4 is 32.6 Å². The monoisotopic (exact) mass is 395 g/mol. The molecule has 1 aromatic heterocycles. The molecule has 1 amide bonds. The molecule has 0 aliphatic carbocycles. The summed E-state index contributed by atoms with van der Waals surface area (Å²) in [7, 11) is -3.57. The largest absolute Gasteiger partial charge is 0.450 e. The predicted octanol–water partition coefficient (Wildman–Crippen LogP) is 3.08. The van der Waals surface area contributed by atoms with Crippen molar-refractivity contribution in [3.63, 3.8) is 0 Å². The molecule has 9 heteroatoms. The van der Waals surface area contributed by atoms with Crippen molar-refractivity contribution in [2.45, 2.75) is 38.6 Å². The van der Waals surface area contributed by atoms with Crippen molar-refractivity contribution in [1.82, 2.24) is 9.29 Å². The van der Waals surface area contributed by atoms with Crippen LogP contribution >= 0.6 is 11.3 Å². The van der Waals surface area contributed by atoms with Crippen molar-refractivity contribution in [1.29, 1.82) is 0 Å². The molecule has 1 N–H and O–H groups in total. The van der Waals surface area contributed by atoms with Crippen LogP contribution in [0.5, 0.6) is 0 Å². The molecule has 0 bridgehead atoms. The summed E-state index contributed by atoms with van der Waals surface area (Å²) in [4.78, 5) is 17.1. The summed E-state index contributed by atoms with van der Waals surface area (Å²) < 4.78 is 32.4. The number of hydrogen-bond donors (Lipinski definition) is 1.